The minimum atomic E-state index is -3.78. The van der Waals surface area contributed by atoms with Gasteiger partial charge in [-0.25, -0.2) is 13.6 Å². The number of sulfonamides is 1. The Labute approximate surface area is 124 Å². The van der Waals surface area contributed by atoms with Crippen molar-refractivity contribution in [3.8, 4) is 0 Å². The Bertz CT molecular complexity index is 613. The normalized spacial score (nSPS) is 19.6. The molecule has 2 rings (SSSR count). The number of carbonyl (C=O) groups excluding carboxylic acids is 1. The minimum Gasteiger partial charge on any atom is -0.376 e. The second kappa shape index (κ2) is 6.19. The number of benzene rings is 1. The van der Waals surface area contributed by atoms with Gasteiger partial charge >= 0.3 is 0 Å². The van der Waals surface area contributed by atoms with E-state index in [9.17, 15) is 13.2 Å². The van der Waals surface area contributed by atoms with E-state index in [4.69, 9.17) is 14.6 Å². The number of nitrogens with one attached hydrogen (secondary N) is 1. The summed E-state index contributed by atoms with van der Waals surface area (Å²) in [6, 6.07) is 4.09. The highest BCUT2D eigenvalue weighted by Crippen LogP contribution is 2.25. The molecule has 110 valence electrons. The quantitative estimate of drug-likeness (QED) is 0.809. The van der Waals surface area contributed by atoms with Crippen molar-refractivity contribution in [2.24, 2.45) is 5.14 Å². The summed E-state index contributed by atoms with van der Waals surface area (Å²) in [6.45, 7) is 1.03. The molecule has 1 aromatic rings. The van der Waals surface area contributed by atoms with Crippen molar-refractivity contribution >= 4 is 37.5 Å². The summed E-state index contributed by atoms with van der Waals surface area (Å²) in [6.07, 6.45) is -0.673. The number of anilines is 1. The summed E-state index contributed by atoms with van der Waals surface area (Å²) < 4.78 is 33.2. The van der Waals surface area contributed by atoms with Crippen LogP contribution in [0.15, 0.2) is 27.6 Å². The molecule has 3 N–H and O–H groups in total. The van der Waals surface area contributed by atoms with Crippen LogP contribution < -0.4 is 10.5 Å². The molecule has 1 fully saturated rings. The number of carbonyl (C=O) groups is 1. The third-order valence-corrected chi connectivity index (χ3v) is 4.20. The highest BCUT2D eigenvalue weighted by molar-refractivity contribution is 9.10. The number of amides is 1. The number of hydrogen-bond donors (Lipinski definition) is 2. The molecule has 0 aromatic heterocycles. The van der Waals surface area contributed by atoms with E-state index in [2.05, 4.69) is 21.2 Å². The number of halogens is 1. The van der Waals surface area contributed by atoms with Gasteiger partial charge in [-0.15, -0.1) is 0 Å². The number of hydrogen-bond acceptors (Lipinski definition) is 5. The largest absolute Gasteiger partial charge is 0.376 e. The van der Waals surface area contributed by atoms with E-state index in [1.54, 1.807) is 0 Å². The van der Waals surface area contributed by atoms with Crippen LogP contribution in [0, 0.1) is 0 Å². The predicted molar refractivity (Wildman–Crippen MR) is 74.7 cm³/mol. The molecule has 20 heavy (non-hydrogen) atoms. The summed E-state index contributed by atoms with van der Waals surface area (Å²) in [5, 5.41) is 7.65. The SMILES string of the molecule is NS(=O)(=O)c1ccc(NC(=O)C2COCCO2)c(Br)c1. The van der Waals surface area contributed by atoms with Crippen molar-refractivity contribution < 1.29 is 22.7 Å². The third-order valence-electron chi connectivity index (χ3n) is 2.64. The van der Waals surface area contributed by atoms with Crippen molar-refractivity contribution in [2.45, 2.75) is 11.0 Å². The van der Waals surface area contributed by atoms with E-state index in [-0.39, 0.29) is 17.4 Å². The molecule has 1 atom stereocenters. The molecule has 0 bridgehead atoms. The lowest BCUT2D eigenvalue weighted by Gasteiger charge is -2.22. The van der Waals surface area contributed by atoms with Crippen LogP contribution in [-0.4, -0.2) is 40.2 Å². The van der Waals surface area contributed by atoms with Crippen molar-refractivity contribution in [3.63, 3.8) is 0 Å². The maximum atomic E-state index is 11.9. The van der Waals surface area contributed by atoms with Crippen molar-refractivity contribution in [2.75, 3.05) is 25.1 Å². The lowest BCUT2D eigenvalue weighted by Crippen LogP contribution is -2.39. The smallest absolute Gasteiger partial charge is 0.255 e. The third kappa shape index (κ3) is 3.76. The van der Waals surface area contributed by atoms with E-state index in [0.29, 0.717) is 23.4 Å². The van der Waals surface area contributed by atoms with Crippen molar-refractivity contribution in [1.29, 1.82) is 0 Å². The molecular weight excluding hydrogens is 352 g/mol. The standard InChI is InChI=1S/C11H13BrN2O5S/c12-8-5-7(20(13,16)17)1-2-9(8)14-11(15)10-6-18-3-4-19-10/h1-2,5,10H,3-4,6H2,(H,14,15)(H2,13,16,17). The van der Waals surface area contributed by atoms with Gasteiger partial charge in [-0.05, 0) is 34.1 Å². The molecule has 0 saturated carbocycles. The van der Waals surface area contributed by atoms with E-state index < -0.39 is 16.1 Å². The summed E-state index contributed by atoms with van der Waals surface area (Å²) in [7, 11) is -3.78. The highest BCUT2D eigenvalue weighted by atomic mass is 79.9. The van der Waals surface area contributed by atoms with E-state index >= 15 is 0 Å². The summed E-state index contributed by atoms with van der Waals surface area (Å²) in [4.78, 5) is 11.9. The van der Waals surface area contributed by atoms with Gasteiger partial charge in [0.15, 0.2) is 6.10 Å². The van der Waals surface area contributed by atoms with E-state index in [1.165, 1.54) is 18.2 Å². The molecule has 1 amide bonds. The molecule has 7 nitrogen and oxygen atoms in total. The van der Waals surface area contributed by atoms with Gasteiger partial charge < -0.3 is 14.8 Å². The molecule has 1 unspecified atom stereocenters. The Morgan fingerprint density at radius 2 is 2.15 bits per heavy atom. The molecule has 1 aliphatic rings. The first kappa shape index (κ1) is 15.4. The van der Waals surface area contributed by atoms with Crippen LogP contribution in [0.25, 0.3) is 0 Å². The molecule has 1 aromatic carbocycles. The number of nitrogens with two attached hydrogens (primary N) is 1. The average molecular weight is 365 g/mol. The fourth-order valence-corrected chi connectivity index (χ4v) is 2.80. The fourth-order valence-electron chi connectivity index (χ4n) is 1.63. The molecule has 0 spiro atoms. The lowest BCUT2D eigenvalue weighted by molar-refractivity contribution is -0.142. The van der Waals surface area contributed by atoms with Gasteiger partial charge in [0.1, 0.15) is 0 Å². The maximum absolute atomic E-state index is 11.9. The van der Waals surface area contributed by atoms with Gasteiger partial charge in [-0.1, -0.05) is 0 Å². The highest BCUT2D eigenvalue weighted by Gasteiger charge is 2.23. The zero-order chi connectivity index (χ0) is 14.8. The topological polar surface area (TPSA) is 108 Å². The Hall–Kier alpha value is -1.00. The number of ether oxygens (including phenoxy) is 2. The molecule has 9 heteroatoms. The number of primary sulfonamides is 1. The van der Waals surface area contributed by atoms with Gasteiger partial charge in [0, 0.05) is 4.47 Å². The van der Waals surface area contributed by atoms with Gasteiger partial charge in [0.2, 0.25) is 10.0 Å². The lowest BCUT2D eigenvalue weighted by atomic mass is 10.3. The van der Waals surface area contributed by atoms with Crippen LogP contribution in [0.4, 0.5) is 5.69 Å². The zero-order valence-electron chi connectivity index (χ0n) is 10.3. The first-order valence-electron chi connectivity index (χ1n) is 5.70. The second-order valence-corrected chi connectivity index (χ2v) is 6.53. The van der Waals surface area contributed by atoms with Crippen LogP contribution in [-0.2, 0) is 24.3 Å². The minimum absolute atomic E-state index is 0.0420. The van der Waals surface area contributed by atoms with Crippen LogP contribution in [0.1, 0.15) is 0 Å². The molecular formula is C11H13BrN2O5S. The van der Waals surface area contributed by atoms with Gasteiger partial charge in [0.25, 0.3) is 5.91 Å². The monoisotopic (exact) mass is 364 g/mol. The van der Waals surface area contributed by atoms with Crippen molar-refractivity contribution in [3.05, 3.63) is 22.7 Å². The van der Waals surface area contributed by atoms with Crippen LogP contribution in [0.5, 0.6) is 0 Å². The van der Waals surface area contributed by atoms with Gasteiger partial charge in [-0.3, -0.25) is 4.79 Å². The second-order valence-electron chi connectivity index (χ2n) is 4.11. The van der Waals surface area contributed by atoms with Crippen LogP contribution in [0.3, 0.4) is 0 Å². The number of rotatable bonds is 3. The first-order valence-corrected chi connectivity index (χ1v) is 8.04. The molecule has 0 aliphatic carbocycles. The van der Waals surface area contributed by atoms with E-state index in [1.807, 2.05) is 0 Å². The molecule has 1 heterocycles. The van der Waals surface area contributed by atoms with Gasteiger partial charge in [0.05, 0.1) is 30.4 Å². The summed E-state index contributed by atoms with van der Waals surface area (Å²) in [5.41, 5.74) is 0.427. The fraction of sp³-hybridized carbons (Fsp3) is 0.364. The van der Waals surface area contributed by atoms with Gasteiger partial charge in [-0.2, -0.15) is 0 Å². The predicted octanol–water partition coefficient (Wildman–Crippen LogP) is 0.450. The Morgan fingerprint density at radius 1 is 1.40 bits per heavy atom. The molecule has 0 radical (unpaired) electrons. The molecule has 1 aliphatic heterocycles. The van der Waals surface area contributed by atoms with Crippen molar-refractivity contribution in [1.82, 2.24) is 0 Å². The molecule has 1 saturated heterocycles. The zero-order valence-corrected chi connectivity index (χ0v) is 12.7. The maximum Gasteiger partial charge on any atom is 0.255 e. The Balaban J connectivity index is 2.11. The Morgan fingerprint density at radius 3 is 2.70 bits per heavy atom. The average Bonchev–Trinajstić information content (AvgIpc) is 2.41. The first-order chi connectivity index (χ1) is 9.38. The summed E-state index contributed by atoms with van der Waals surface area (Å²) in [5.74, 6) is -0.353. The summed E-state index contributed by atoms with van der Waals surface area (Å²) >= 11 is 3.19. The van der Waals surface area contributed by atoms with E-state index in [0.717, 1.165) is 0 Å². The van der Waals surface area contributed by atoms with Crippen LogP contribution >= 0.6 is 15.9 Å². The Kier molecular flexibility index (Phi) is 4.76. The van der Waals surface area contributed by atoms with Crippen LogP contribution in [0.2, 0.25) is 0 Å².